The van der Waals surface area contributed by atoms with Crippen LogP contribution in [0, 0.1) is 0 Å². The number of anilines is 1. The van der Waals surface area contributed by atoms with Crippen LogP contribution in [0.3, 0.4) is 0 Å². The Morgan fingerprint density at radius 3 is 2.45 bits per heavy atom. The van der Waals surface area contributed by atoms with Crippen LogP contribution < -0.4 is 5.32 Å². The molecule has 0 bridgehead atoms. The molecule has 2 N–H and O–H groups in total. The van der Waals surface area contributed by atoms with Gasteiger partial charge in [-0.2, -0.15) is 0 Å². The number of benzene rings is 2. The van der Waals surface area contributed by atoms with E-state index in [-0.39, 0.29) is 0 Å². The van der Waals surface area contributed by atoms with Crippen molar-refractivity contribution >= 4 is 16.9 Å². The van der Waals surface area contributed by atoms with E-state index in [1.807, 2.05) is 54.6 Å². The van der Waals surface area contributed by atoms with Crippen molar-refractivity contribution in [1.29, 1.82) is 0 Å². The fourth-order valence-corrected chi connectivity index (χ4v) is 2.04. The molecule has 0 radical (unpaired) electrons. The van der Waals surface area contributed by atoms with Gasteiger partial charge in [-0.05, 0) is 17.7 Å². The first-order chi connectivity index (χ1) is 9.83. The van der Waals surface area contributed by atoms with Gasteiger partial charge in [-0.3, -0.25) is 4.98 Å². The maximum absolute atomic E-state index is 10.1. The number of aromatic nitrogens is 2. The SMILES string of the molecule is O[C@H](CNc1cnc2ccccc2n1)c1ccccc1. The summed E-state index contributed by atoms with van der Waals surface area (Å²) in [4.78, 5) is 8.78. The molecule has 0 saturated heterocycles. The predicted molar refractivity (Wildman–Crippen MR) is 79.4 cm³/mol. The van der Waals surface area contributed by atoms with Crippen molar-refractivity contribution in [2.45, 2.75) is 6.10 Å². The van der Waals surface area contributed by atoms with E-state index in [1.165, 1.54) is 0 Å². The number of nitrogens with zero attached hydrogens (tertiary/aromatic N) is 2. The molecular formula is C16H15N3O. The number of fused-ring (bicyclic) bond motifs is 1. The van der Waals surface area contributed by atoms with Gasteiger partial charge in [-0.15, -0.1) is 0 Å². The van der Waals surface area contributed by atoms with Gasteiger partial charge in [0.1, 0.15) is 5.82 Å². The van der Waals surface area contributed by atoms with E-state index < -0.39 is 6.10 Å². The molecule has 1 atom stereocenters. The Balaban J connectivity index is 1.70. The first-order valence-electron chi connectivity index (χ1n) is 6.51. The Labute approximate surface area is 117 Å². The van der Waals surface area contributed by atoms with Gasteiger partial charge in [0, 0.05) is 6.54 Å². The molecule has 100 valence electrons. The van der Waals surface area contributed by atoms with Gasteiger partial charge in [0.15, 0.2) is 0 Å². The zero-order valence-corrected chi connectivity index (χ0v) is 10.9. The van der Waals surface area contributed by atoms with E-state index in [1.54, 1.807) is 6.20 Å². The summed E-state index contributed by atoms with van der Waals surface area (Å²) in [5.41, 5.74) is 2.59. The average Bonchev–Trinajstić information content (AvgIpc) is 2.53. The number of nitrogens with one attached hydrogen (secondary N) is 1. The molecule has 3 rings (SSSR count). The Morgan fingerprint density at radius 2 is 1.65 bits per heavy atom. The quantitative estimate of drug-likeness (QED) is 0.761. The molecule has 4 nitrogen and oxygen atoms in total. The topological polar surface area (TPSA) is 58.0 Å². The monoisotopic (exact) mass is 265 g/mol. The molecule has 20 heavy (non-hydrogen) atoms. The van der Waals surface area contributed by atoms with Crippen molar-refractivity contribution in [3.63, 3.8) is 0 Å². The zero-order valence-electron chi connectivity index (χ0n) is 10.9. The zero-order chi connectivity index (χ0) is 13.8. The summed E-state index contributed by atoms with van der Waals surface area (Å²) in [6.07, 6.45) is 1.12. The molecule has 1 aromatic heterocycles. The number of rotatable bonds is 4. The van der Waals surface area contributed by atoms with E-state index in [9.17, 15) is 5.11 Å². The largest absolute Gasteiger partial charge is 0.387 e. The smallest absolute Gasteiger partial charge is 0.145 e. The highest BCUT2D eigenvalue weighted by molar-refractivity contribution is 5.75. The summed E-state index contributed by atoms with van der Waals surface area (Å²) in [7, 11) is 0. The van der Waals surface area contributed by atoms with Crippen LogP contribution in [0.25, 0.3) is 11.0 Å². The third-order valence-corrected chi connectivity index (χ3v) is 3.11. The fourth-order valence-electron chi connectivity index (χ4n) is 2.04. The van der Waals surface area contributed by atoms with Crippen molar-refractivity contribution in [1.82, 2.24) is 9.97 Å². The van der Waals surface area contributed by atoms with Crippen molar-refractivity contribution < 1.29 is 5.11 Å². The minimum atomic E-state index is -0.565. The Bertz CT molecular complexity index is 700. The van der Waals surface area contributed by atoms with Crippen molar-refractivity contribution in [2.24, 2.45) is 0 Å². The molecule has 0 unspecified atom stereocenters. The molecule has 0 fully saturated rings. The second kappa shape index (κ2) is 5.67. The van der Waals surface area contributed by atoms with Gasteiger partial charge in [0.2, 0.25) is 0 Å². The van der Waals surface area contributed by atoms with E-state index in [4.69, 9.17) is 0 Å². The van der Waals surface area contributed by atoms with Crippen LogP contribution >= 0.6 is 0 Å². The van der Waals surface area contributed by atoms with Crippen LogP contribution in [0.4, 0.5) is 5.82 Å². The summed E-state index contributed by atoms with van der Waals surface area (Å²) < 4.78 is 0. The first-order valence-corrected chi connectivity index (χ1v) is 6.51. The van der Waals surface area contributed by atoms with Gasteiger partial charge in [0.05, 0.1) is 23.3 Å². The lowest BCUT2D eigenvalue weighted by molar-refractivity contribution is 0.191. The Hall–Kier alpha value is -2.46. The summed E-state index contributed by atoms with van der Waals surface area (Å²) >= 11 is 0. The molecule has 3 aromatic rings. The lowest BCUT2D eigenvalue weighted by Gasteiger charge is -2.12. The summed E-state index contributed by atoms with van der Waals surface area (Å²) in [6, 6.07) is 17.3. The van der Waals surface area contributed by atoms with Crippen LogP contribution in [0.1, 0.15) is 11.7 Å². The average molecular weight is 265 g/mol. The number of aliphatic hydroxyl groups excluding tert-OH is 1. The second-order valence-corrected chi connectivity index (χ2v) is 4.55. The van der Waals surface area contributed by atoms with E-state index in [0.29, 0.717) is 12.4 Å². The van der Waals surface area contributed by atoms with E-state index in [0.717, 1.165) is 16.6 Å². The normalized spacial score (nSPS) is 12.2. The predicted octanol–water partition coefficient (Wildman–Crippen LogP) is 2.78. The second-order valence-electron chi connectivity index (χ2n) is 4.55. The third-order valence-electron chi connectivity index (χ3n) is 3.11. The van der Waals surface area contributed by atoms with Crippen LogP contribution in [-0.4, -0.2) is 21.6 Å². The maximum atomic E-state index is 10.1. The number of hydrogen-bond donors (Lipinski definition) is 2. The van der Waals surface area contributed by atoms with Crippen LogP contribution in [0.2, 0.25) is 0 Å². The lowest BCUT2D eigenvalue weighted by atomic mass is 10.1. The standard InChI is InChI=1S/C16H15N3O/c20-15(12-6-2-1-3-7-12)10-18-16-11-17-13-8-4-5-9-14(13)19-16/h1-9,11,15,20H,10H2,(H,18,19)/t15-/m1/s1. The molecule has 4 heteroatoms. The molecule has 0 spiro atoms. The lowest BCUT2D eigenvalue weighted by Crippen LogP contribution is -2.13. The van der Waals surface area contributed by atoms with Crippen molar-refractivity contribution in [3.05, 3.63) is 66.4 Å². The van der Waals surface area contributed by atoms with E-state index >= 15 is 0 Å². The molecule has 0 saturated carbocycles. The molecule has 1 heterocycles. The van der Waals surface area contributed by atoms with Gasteiger partial charge in [0.25, 0.3) is 0 Å². The summed E-state index contributed by atoms with van der Waals surface area (Å²) in [5, 5.41) is 13.2. The van der Waals surface area contributed by atoms with Gasteiger partial charge < -0.3 is 10.4 Å². The molecule has 0 aliphatic heterocycles. The number of hydrogen-bond acceptors (Lipinski definition) is 4. The number of para-hydroxylation sites is 2. The highest BCUT2D eigenvalue weighted by Gasteiger charge is 2.07. The van der Waals surface area contributed by atoms with Crippen molar-refractivity contribution in [3.8, 4) is 0 Å². The number of aliphatic hydroxyl groups is 1. The first kappa shape index (κ1) is 12.6. The van der Waals surface area contributed by atoms with Gasteiger partial charge >= 0.3 is 0 Å². The third kappa shape index (κ3) is 2.75. The summed E-state index contributed by atoms with van der Waals surface area (Å²) in [6.45, 7) is 0.400. The van der Waals surface area contributed by atoms with Crippen LogP contribution in [0.5, 0.6) is 0 Å². The fraction of sp³-hybridized carbons (Fsp3) is 0.125. The highest BCUT2D eigenvalue weighted by Crippen LogP contribution is 2.15. The van der Waals surface area contributed by atoms with E-state index in [2.05, 4.69) is 15.3 Å². The molecule has 0 aliphatic rings. The summed E-state index contributed by atoms with van der Waals surface area (Å²) in [5.74, 6) is 0.665. The molecule has 2 aromatic carbocycles. The molecule has 0 amide bonds. The Morgan fingerprint density at radius 1 is 0.950 bits per heavy atom. The highest BCUT2D eigenvalue weighted by atomic mass is 16.3. The molecule has 0 aliphatic carbocycles. The maximum Gasteiger partial charge on any atom is 0.145 e. The van der Waals surface area contributed by atoms with Crippen LogP contribution in [0.15, 0.2) is 60.8 Å². The van der Waals surface area contributed by atoms with Gasteiger partial charge in [-0.1, -0.05) is 42.5 Å². The minimum Gasteiger partial charge on any atom is -0.387 e. The minimum absolute atomic E-state index is 0.400. The Kier molecular flexibility index (Phi) is 3.56. The van der Waals surface area contributed by atoms with Crippen LogP contribution in [-0.2, 0) is 0 Å². The van der Waals surface area contributed by atoms with Crippen molar-refractivity contribution in [2.75, 3.05) is 11.9 Å². The van der Waals surface area contributed by atoms with Gasteiger partial charge in [-0.25, -0.2) is 4.98 Å². The molecular weight excluding hydrogens is 250 g/mol.